The minimum atomic E-state index is -0.411. The Bertz CT molecular complexity index is 424. The number of nitrogens with one attached hydrogen (secondary N) is 1. The van der Waals surface area contributed by atoms with Gasteiger partial charge in [0.25, 0.3) is 0 Å². The first-order valence-corrected chi connectivity index (χ1v) is 7.13. The molecule has 0 spiro atoms. The van der Waals surface area contributed by atoms with Crippen LogP contribution >= 0.6 is 0 Å². The largest absolute Gasteiger partial charge is 0.389 e. The Kier molecular flexibility index (Phi) is 3.41. The SMILES string of the molecule is Cc1ccc(N2CC(CNCC3(O)CCC3)C2)nn1. The summed E-state index contributed by atoms with van der Waals surface area (Å²) in [5.74, 6) is 1.63. The van der Waals surface area contributed by atoms with Crippen molar-refractivity contribution in [2.75, 3.05) is 31.1 Å². The highest BCUT2D eigenvalue weighted by atomic mass is 16.3. The number of aliphatic hydroxyl groups is 1. The van der Waals surface area contributed by atoms with Gasteiger partial charge in [0.1, 0.15) is 0 Å². The third kappa shape index (κ3) is 2.87. The molecule has 0 atom stereocenters. The van der Waals surface area contributed by atoms with Crippen LogP contribution in [0.25, 0.3) is 0 Å². The second kappa shape index (κ2) is 5.06. The van der Waals surface area contributed by atoms with Crippen molar-refractivity contribution in [1.82, 2.24) is 15.5 Å². The monoisotopic (exact) mass is 262 g/mol. The van der Waals surface area contributed by atoms with Gasteiger partial charge in [-0.2, -0.15) is 5.10 Å². The fourth-order valence-corrected chi connectivity index (χ4v) is 2.72. The summed E-state index contributed by atoms with van der Waals surface area (Å²) < 4.78 is 0. The van der Waals surface area contributed by atoms with Crippen LogP contribution in [0.15, 0.2) is 12.1 Å². The molecule has 19 heavy (non-hydrogen) atoms. The Labute approximate surface area is 114 Å². The zero-order valence-corrected chi connectivity index (χ0v) is 11.5. The Morgan fingerprint density at radius 2 is 2.16 bits per heavy atom. The first-order chi connectivity index (χ1) is 9.15. The molecule has 0 bridgehead atoms. The molecule has 1 aromatic heterocycles. The molecule has 2 N–H and O–H groups in total. The molecule has 5 heteroatoms. The Hall–Kier alpha value is -1.20. The smallest absolute Gasteiger partial charge is 0.151 e. The lowest BCUT2D eigenvalue weighted by Crippen LogP contribution is -2.54. The number of rotatable bonds is 5. The first kappa shape index (κ1) is 12.8. The molecule has 0 aromatic carbocycles. The Morgan fingerprint density at radius 1 is 1.37 bits per heavy atom. The zero-order valence-electron chi connectivity index (χ0n) is 11.5. The van der Waals surface area contributed by atoms with Crippen molar-refractivity contribution in [3.8, 4) is 0 Å². The summed E-state index contributed by atoms with van der Waals surface area (Å²) in [5.41, 5.74) is 0.544. The third-order valence-corrected chi connectivity index (χ3v) is 4.24. The maximum Gasteiger partial charge on any atom is 0.151 e. The standard InChI is InChI=1S/C14H22N4O/c1-11-3-4-13(17-16-11)18-8-12(9-18)7-15-10-14(19)5-2-6-14/h3-4,12,15,19H,2,5-10H2,1H3. The highest BCUT2D eigenvalue weighted by molar-refractivity contribution is 5.40. The number of hydrogen-bond donors (Lipinski definition) is 2. The van der Waals surface area contributed by atoms with Crippen molar-refractivity contribution >= 4 is 5.82 Å². The van der Waals surface area contributed by atoms with Gasteiger partial charge in [-0.15, -0.1) is 5.10 Å². The van der Waals surface area contributed by atoms with E-state index < -0.39 is 5.60 Å². The quantitative estimate of drug-likeness (QED) is 0.819. The highest BCUT2D eigenvalue weighted by Gasteiger charge is 2.34. The second-order valence-corrected chi connectivity index (χ2v) is 6.01. The van der Waals surface area contributed by atoms with Crippen LogP contribution in [0.3, 0.4) is 0 Å². The van der Waals surface area contributed by atoms with E-state index in [-0.39, 0.29) is 0 Å². The number of anilines is 1. The number of nitrogens with zero attached hydrogens (tertiary/aromatic N) is 3. The lowest BCUT2D eigenvalue weighted by Gasteiger charge is -2.41. The van der Waals surface area contributed by atoms with Crippen LogP contribution in [0.1, 0.15) is 25.0 Å². The molecule has 0 amide bonds. The van der Waals surface area contributed by atoms with Gasteiger partial charge in [0.2, 0.25) is 0 Å². The van der Waals surface area contributed by atoms with Crippen molar-refractivity contribution in [2.24, 2.45) is 5.92 Å². The van der Waals surface area contributed by atoms with E-state index in [1.165, 1.54) is 6.42 Å². The predicted molar refractivity (Wildman–Crippen MR) is 74.1 cm³/mol. The number of aryl methyl sites for hydroxylation is 1. The molecular formula is C14H22N4O. The molecule has 2 heterocycles. The molecule has 1 aliphatic heterocycles. The average Bonchev–Trinajstić information content (AvgIpc) is 2.31. The van der Waals surface area contributed by atoms with Crippen molar-refractivity contribution in [1.29, 1.82) is 0 Å². The van der Waals surface area contributed by atoms with Gasteiger partial charge < -0.3 is 15.3 Å². The molecule has 2 fully saturated rings. The minimum Gasteiger partial charge on any atom is -0.389 e. The van der Waals surface area contributed by atoms with Crippen molar-refractivity contribution in [3.05, 3.63) is 17.8 Å². The van der Waals surface area contributed by atoms with Crippen LogP contribution in [0.5, 0.6) is 0 Å². The topological polar surface area (TPSA) is 61.3 Å². The van der Waals surface area contributed by atoms with Crippen LogP contribution in [-0.4, -0.2) is 47.1 Å². The normalized spacial score (nSPS) is 21.9. The number of hydrogen-bond acceptors (Lipinski definition) is 5. The van der Waals surface area contributed by atoms with Gasteiger partial charge in [-0.25, -0.2) is 0 Å². The van der Waals surface area contributed by atoms with Gasteiger partial charge in [0.15, 0.2) is 5.82 Å². The molecule has 1 aliphatic carbocycles. The summed E-state index contributed by atoms with van der Waals surface area (Å²) in [6.07, 6.45) is 3.08. The van der Waals surface area contributed by atoms with Crippen LogP contribution in [-0.2, 0) is 0 Å². The summed E-state index contributed by atoms with van der Waals surface area (Å²) >= 11 is 0. The van der Waals surface area contributed by atoms with E-state index in [1.54, 1.807) is 0 Å². The van der Waals surface area contributed by atoms with E-state index in [0.717, 1.165) is 50.5 Å². The molecule has 1 aromatic rings. The van der Waals surface area contributed by atoms with Crippen molar-refractivity contribution in [3.63, 3.8) is 0 Å². The minimum absolute atomic E-state index is 0.411. The molecule has 3 rings (SSSR count). The van der Waals surface area contributed by atoms with Gasteiger partial charge in [-0.1, -0.05) is 0 Å². The fourth-order valence-electron chi connectivity index (χ4n) is 2.72. The molecule has 2 aliphatic rings. The average molecular weight is 262 g/mol. The zero-order chi connectivity index (χ0) is 13.3. The van der Waals surface area contributed by atoms with E-state index in [0.29, 0.717) is 5.92 Å². The fraction of sp³-hybridized carbons (Fsp3) is 0.714. The maximum atomic E-state index is 9.98. The molecular weight excluding hydrogens is 240 g/mol. The predicted octanol–water partition coefficient (Wildman–Crippen LogP) is 0.726. The number of aromatic nitrogens is 2. The molecule has 104 valence electrons. The molecule has 1 saturated carbocycles. The summed E-state index contributed by atoms with van der Waals surface area (Å²) in [7, 11) is 0. The lowest BCUT2D eigenvalue weighted by molar-refractivity contribution is -0.0318. The third-order valence-electron chi connectivity index (χ3n) is 4.24. The van der Waals surface area contributed by atoms with Crippen LogP contribution < -0.4 is 10.2 Å². The van der Waals surface area contributed by atoms with E-state index in [4.69, 9.17) is 0 Å². The van der Waals surface area contributed by atoms with Gasteiger partial charge in [-0.05, 0) is 38.3 Å². The van der Waals surface area contributed by atoms with Gasteiger partial charge in [0.05, 0.1) is 11.3 Å². The van der Waals surface area contributed by atoms with E-state index in [1.807, 2.05) is 19.1 Å². The van der Waals surface area contributed by atoms with E-state index >= 15 is 0 Å². The summed E-state index contributed by atoms with van der Waals surface area (Å²) in [6, 6.07) is 4.03. The van der Waals surface area contributed by atoms with E-state index in [9.17, 15) is 5.11 Å². The van der Waals surface area contributed by atoms with Crippen molar-refractivity contribution in [2.45, 2.75) is 31.8 Å². The second-order valence-electron chi connectivity index (χ2n) is 6.01. The Balaban J connectivity index is 1.37. The molecule has 0 unspecified atom stereocenters. The Morgan fingerprint density at radius 3 is 2.74 bits per heavy atom. The summed E-state index contributed by atoms with van der Waals surface area (Å²) in [6.45, 7) is 5.74. The first-order valence-electron chi connectivity index (χ1n) is 7.13. The van der Waals surface area contributed by atoms with Gasteiger partial charge >= 0.3 is 0 Å². The maximum absolute atomic E-state index is 9.98. The summed E-state index contributed by atoms with van der Waals surface area (Å²) in [5, 5.41) is 21.6. The van der Waals surface area contributed by atoms with Crippen LogP contribution in [0.4, 0.5) is 5.82 Å². The molecule has 1 saturated heterocycles. The van der Waals surface area contributed by atoms with Gasteiger partial charge in [-0.3, -0.25) is 0 Å². The van der Waals surface area contributed by atoms with Gasteiger partial charge in [0, 0.05) is 32.1 Å². The van der Waals surface area contributed by atoms with Crippen LogP contribution in [0, 0.1) is 12.8 Å². The lowest BCUT2D eigenvalue weighted by atomic mass is 9.80. The molecule has 5 nitrogen and oxygen atoms in total. The van der Waals surface area contributed by atoms with Crippen molar-refractivity contribution < 1.29 is 5.11 Å². The highest BCUT2D eigenvalue weighted by Crippen LogP contribution is 2.30. The molecule has 0 radical (unpaired) electrons. The van der Waals surface area contributed by atoms with E-state index in [2.05, 4.69) is 20.4 Å². The van der Waals surface area contributed by atoms with Crippen LogP contribution in [0.2, 0.25) is 0 Å². The summed E-state index contributed by atoms with van der Waals surface area (Å²) in [4.78, 5) is 2.25.